The molecule has 0 bridgehead atoms. The number of ether oxygens (including phenoxy) is 2. The van der Waals surface area contributed by atoms with Crippen molar-refractivity contribution in [2.75, 3.05) is 20.0 Å². The van der Waals surface area contributed by atoms with Crippen LogP contribution in [0.1, 0.15) is 12.5 Å². The Morgan fingerprint density at radius 3 is 2.50 bits per heavy atom. The van der Waals surface area contributed by atoms with Gasteiger partial charge in [0, 0.05) is 10.6 Å². The summed E-state index contributed by atoms with van der Waals surface area (Å²) in [6, 6.07) is 19.3. The molecule has 1 heterocycles. The van der Waals surface area contributed by atoms with Crippen molar-refractivity contribution in [1.29, 1.82) is 0 Å². The van der Waals surface area contributed by atoms with Gasteiger partial charge in [-0.2, -0.15) is 5.10 Å². The van der Waals surface area contributed by atoms with Crippen LogP contribution in [-0.2, 0) is 4.79 Å². The van der Waals surface area contributed by atoms with Crippen molar-refractivity contribution in [2.24, 2.45) is 5.10 Å². The molecule has 3 aromatic carbocycles. The molecule has 0 atom stereocenters. The van der Waals surface area contributed by atoms with E-state index >= 15 is 0 Å². The van der Waals surface area contributed by atoms with E-state index in [-0.39, 0.29) is 17.2 Å². The number of thioether (sulfide) groups is 1. The van der Waals surface area contributed by atoms with Gasteiger partial charge in [0.2, 0.25) is 0 Å². The highest BCUT2D eigenvalue weighted by Gasteiger charge is 2.15. The summed E-state index contributed by atoms with van der Waals surface area (Å²) in [6.45, 7) is 1.78. The molecule has 0 saturated heterocycles. The van der Waals surface area contributed by atoms with E-state index in [1.54, 1.807) is 75.7 Å². The summed E-state index contributed by atoms with van der Waals surface area (Å²) in [6.07, 6.45) is 0. The number of carbonyl (C=O) groups excluding carboxylic acids is 1. The Morgan fingerprint density at radius 2 is 1.78 bits per heavy atom. The normalized spacial score (nSPS) is 11.4. The molecule has 10 heteroatoms. The molecule has 4 aromatic rings. The van der Waals surface area contributed by atoms with Crippen LogP contribution in [0.3, 0.4) is 0 Å². The highest BCUT2D eigenvalue weighted by Crippen LogP contribution is 2.28. The van der Waals surface area contributed by atoms with Crippen LogP contribution in [-0.4, -0.2) is 41.1 Å². The molecule has 0 fully saturated rings. The predicted molar refractivity (Wildman–Crippen MR) is 143 cm³/mol. The van der Waals surface area contributed by atoms with Gasteiger partial charge in [0.15, 0.2) is 16.7 Å². The second-order valence-corrected chi connectivity index (χ2v) is 9.00. The van der Waals surface area contributed by atoms with E-state index in [9.17, 15) is 9.59 Å². The SMILES string of the molecule is COc1ccc(/C(C)=N\NC(=O)CSc2nc3ccccc3c(=O)n2-c2ccc(Cl)cc2)cc1OC. The third kappa shape index (κ3) is 5.53. The number of carbonyl (C=O) groups is 1. The Morgan fingerprint density at radius 1 is 1.06 bits per heavy atom. The molecule has 0 radical (unpaired) electrons. The first kappa shape index (κ1) is 25.3. The Hall–Kier alpha value is -3.82. The Labute approximate surface area is 216 Å². The van der Waals surface area contributed by atoms with Crippen molar-refractivity contribution in [3.63, 3.8) is 0 Å². The van der Waals surface area contributed by atoms with E-state index in [0.29, 0.717) is 44.0 Å². The van der Waals surface area contributed by atoms with E-state index in [4.69, 9.17) is 21.1 Å². The minimum absolute atomic E-state index is 0.00108. The lowest BCUT2D eigenvalue weighted by atomic mass is 10.1. The summed E-state index contributed by atoms with van der Waals surface area (Å²) < 4.78 is 12.1. The van der Waals surface area contributed by atoms with Gasteiger partial charge in [-0.05, 0) is 61.5 Å². The molecule has 0 spiro atoms. The van der Waals surface area contributed by atoms with Gasteiger partial charge >= 0.3 is 0 Å². The van der Waals surface area contributed by atoms with Gasteiger partial charge in [0.25, 0.3) is 11.5 Å². The van der Waals surface area contributed by atoms with Crippen molar-refractivity contribution in [1.82, 2.24) is 15.0 Å². The fourth-order valence-corrected chi connectivity index (χ4v) is 4.39. The summed E-state index contributed by atoms with van der Waals surface area (Å²) in [5.41, 5.74) is 4.85. The lowest BCUT2D eigenvalue weighted by molar-refractivity contribution is -0.118. The van der Waals surface area contributed by atoms with E-state index in [1.165, 1.54) is 4.57 Å². The van der Waals surface area contributed by atoms with Gasteiger partial charge < -0.3 is 9.47 Å². The molecule has 184 valence electrons. The molecule has 1 aromatic heterocycles. The molecule has 0 saturated carbocycles. The van der Waals surface area contributed by atoms with Crippen LogP contribution in [0, 0.1) is 0 Å². The fourth-order valence-electron chi connectivity index (χ4n) is 3.46. The number of amides is 1. The van der Waals surface area contributed by atoms with Gasteiger partial charge in [-0.1, -0.05) is 35.5 Å². The van der Waals surface area contributed by atoms with Gasteiger partial charge in [-0.15, -0.1) is 0 Å². The predicted octanol–water partition coefficient (Wildman–Crippen LogP) is 4.69. The second kappa shape index (κ2) is 11.3. The molecule has 4 rings (SSSR count). The zero-order valence-electron chi connectivity index (χ0n) is 19.8. The molecule has 36 heavy (non-hydrogen) atoms. The van der Waals surface area contributed by atoms with Crippen LogP contribution in [0.4, 0.5) is 0 Å². The number of nitrogens with zero attached hydrogens (tertiary/aromatic N) is 3. The zero-order valence-corrected chi connectivity index (χ0v) is 21.4. The van der Waals surface area contributed by atoms with Crippen molar-refractivity contribution >= 4 is 45.9 Å². The number of methoxy groups -OCH3 is 2. The van der Waals surface area contributed by atoms with Crippen LogP contribution < -0.4 is 20.5 Å². The molecule has 8 nitrogen and oxygen atoms in total. The molecule has 0 unspecified atom stereocenters. The van der Waals surface area contributed by atoms with E-state index in [2.05, 4.69) is 15.5 Å². The van der Waals surface area contributed by atoms with E-state index in [0.717, 1.165) is 17.3 Å². The first-order valence-electron chi connectivity index (χ1n) is 10.9. The number of benzene rings is 3. The molecule has 1 amide bonds. The van der Waals surface area contributed by atoms with Crippen LogP contribution in [0.25, 0.3) is 16.6 Å². The molecular formula is C26H23ClN4O4S. The van der Waals surface area contributed by atoms with Crippen molar-refractivity contribution in [2.45, 2.75) is 12.1 Å². The van der Waals surface area contributed by atoms with Crippen LogP contribution in [0.15, 0.2) is 81.8 Å². The number of hydrogen-bond acceptors (Lipinski definition) is 7. The van der Waals surface area contributed by atoms with Crippen molar-refractivity contribution in [3.8, 4) is 17.2 Å². The number of hydrazone groups is 1. The van der Waals surface area contributed by atoms with Gasteiger partial charge in [0.1, 0.15) is 0 Å². The zero-order chi connectivity index (χ0) is 25.7. The van der Waals surface area contributed by atoms with Gasteiger partial charge in [-0.3, -0.25) is 14.2 Å². The molecule has 1 N–H and O–H groups in total. The number of aromatic nitrogens is 2. The Balaban J connectivity index is 1.55. The largest absolute Gasteiger partial charge is 0.493 e. The lowest BCUT2D eigenvalue weighted by Crippen LogP contribution is -2.24. The third-order valence-electron chi connectivity index (χ3n) is 5.31. The first-order chi connectivity index (χ1) is 17.4. The number of para-hydroxylation sites is 1. The first-order valence-corrected chi connectivity index (χ1v) is 12.2. The second-order valence-electron chi connectivity index (χ2n) is 7.62. The molecule has 0 aliphatic rings. The Bertz CT molecular complexity index is 1500. The molecule has 0 aliphatic heterocycles. The minimum Gasteiger partial charge on any atom is -0.493 e. The summed E-state index contributed by atoms with van der Waals surface area (Å²) in [5, 5.41) is 5.62. The highest BCUT2D eigenvalue weighted by molar-refractivity contribution is 7.99. The summed E-state index contributed by atoms with van der Waals surface area (Å²) >= 11 is 7.17. The summed E-state index contributed by atoms with van der Waals surface area (Å²) in [4.78, 5) is 30.5. The van der Waals surface area contributed by atoms with Crippen molar-refractivity contribution < 1.29 is 14.3 Å². The van der Waals surface area contributed by atoms with E-state index in [1.807, 2.05) is 12.1 Å². The summed E-state index contributed by atoms with van der Waals surface area (Å²) in [7, 11) is 3.12. The number of fused-ring (bicyclic) bond motifs is 1. The molecular weight excluding hydrogens is 500 g/mol. The van der Waals surface area contributed by atoms with E-state index < -0.39 is 0 Å². The van der Waals surface area contributed by atoms with Gasteiger partial charge in [0.05, 0.1) is 42.3 Å². The standard InChI is InChI=1S/C26H23ClN4O4S/c1-16(17-8-13-22(34-2)23(14-17)35-3)29-30-24(32)15-36-26-28-21-7-5-4-6-20(21)25(33)31(26)19-11-9-18(27)10-12-19/h4-14H,15H2,1-3H3,(H,30,32)/b29-16-. The lowest BCUT2D eigenvalue weighted by Gasteiger charge is -2.13. The average Bonchev–Trinajstić information content (AvgIpc) is 2.91. The maximum absolute atomic E-state index is 13.3. The monoisotopic (exact) mass is 522 g/mol. The maximum Gasteiger partial charge on any atom is 0.266 e. The van der Waals surface area contributed by atoms with Gasteiger partial charge in [-0.25, -0.2) is 10.4 Å². The van der Waals surface area contributed by atoms with Crippen LogP contribution in [0.5, 0.6) is 11.5 Å². The number of rotatable bonds is 8. The van der Waals surface area contributed by atoms with Crippen LogP contribution >= 0.6 is 23.4 Å². The number of nitrogens with one attached hydrogen (secondary N) is 1. The maximum atomic E-state index is 13.3. The van der Waals surface area contributed by atoms with Crippen LogP contribution in [0.2, 0.25) is 5.02 Å². The fraction of sp³-hybridized carbons (Fsp3) is 0.154. The topological polar surface area (TPSA) is 94.8 Å². The minimum atomic E-state index is -0.343. The molecule has 0 aliphatic carbocycles. The smallest absolute Gasteiger partial charge is 0.266 e. The quantitative estimate of drug-likeness (QED) is 0.156. The summed E-state index contributed by atoms with van der Waals surface area (Å²) in [5.74, 6) is 0.823. The Kier molecular flexibility index (Phi) is 7.92. The van der Waals surface area contributed by atoms with Crippen molar-refractivity contribution in [3.05, 3.63) is 87.7 Å². The number of hydrogen-bond donors (Lipinski definition) is 1. The number of halogens is 1. The average molecular weight is 523 g/mol. The highest BCUT2D eigenvalue weighted by atomic mass is 35.5. The third-order valence-corrected chi connectivity index (χ3v) is 6.50.